The Morgan fingerprint density at radius 3 is 3.18 bits per heavy atom. The predicted molar refractivity (Wildman–Crippen MR) is 74.8 cm³/mol. The van der Waals surface area contributed by atoms with Crippen molar-refractivity contribution in [1.29, 1.82) is 0 Å². The van der Waals surface area contributed by atoms with E-state index in [1.54, 1.807) is 11.3 Å². The molecule has 0 radical (unpaired) electrons. The molecule has 0 amide bonds. The first-order valence-corrected chi connectivity index (χ1v) is 8.07. The van der Waals surface area contributed by atoms with E-state index in [2.05, 4.69) is 29.4 Å². The maximum Gasteiger partial charge on any atom is 0.122 e. The summed E-state index contributed by atoms with van der Waals surface area (Å²) in [5.74, 6) is 2.19. The molecule has 17 heavy (non-hydrogen) atoms. The topological polar surface area (TPSA) is 25.4 Å². The number of hydrogen-bond donors (Lipinski definition) is 0. The summed E-state index contributed by atoms with van der Waals surface area (Å²) in [6.07, 6.45) is 2.60. The summed E-state index contributed by atoms with van der Waals surface area (Å²) in [5, 5.41) is 3.35. The van der Waals surface area contributed by atoms with Crippen molar-refractivity contribution in [3.05, 3.63) is 16.1 Å². The summed E-state index contributed by atoms with van der Waals surface area (Å²) in [7, 11) is 4.22. The van der Waals surface area contributed by atoms with Crippen molar-refractivity contribution in [2.45, 2.75) is 24.7 Å². The third-order valence-electron chi connectivity index (χ3n) is 2.71. The molecule has 0 bridgehead atoms. The van der Waals surface area contributed by atoms with E-state index in [4.69, 9.17) is 4.74 Å². The van der Waals surface area contributed by atoms with Crippen LogP contribution in [0.2, 0.25) is 0 Å². The maximum atomic E-state index is 5.64. The van der Waals surface area contributed by atoms with Crippen molar-refractivity contribution in [2.75, 3.05) is 33.0 Å². The molecule has 0 saturated carbocycles. The highest BCUT2D eigenvalue weighted by Gasteiger charge is 2.20. The summed E-state index contributed by atoms with van der Waals surface area (Å²) in [6, 6.07) is 0. The molecule has 0 N–H and O–H groups in total. The van der Waals surface area contributed by atoms with Gasteiger partial charge in [0.25, 0.3) is 0 Å². The van der Waals surface area contributed by atoms with Gasteiger partial charge >= 0.3 is 0 Å². The lowest BCUT2D eigenvalue weighted by molar-refractivity contribution is 0.111. The Labute approximate surface area is 112 Å². The van der Waals surface area contributed by atoms with Gasteiger partial charge in [0.05, 0.1) is 5.69 Å². The SMILES string of the molecule is CN(C)CCSCc1csc(C2CCCO2)n1. The zero-order valence-corrected chi connectivity index (χ0v) is 12.1. The van der Waals surface area contributed by atoms with Crippen LogP contribution in [-0.4, -0.2) is 42.9 Å². The molecule has 3 nitrogen and oxygen atoms in total. The molecule has 1 aliphatic heterocycles. The molecule has 1 atom stereocenters. The van der Waals surface area contributed by atoms with Gasteiger partial charge < -0.3 is 9.64 Å². The summed E-state index contributed by atoms with van der Waals surface area (Å²) >= 11 is 3.70. The highest BCUT2D eigenvalue weighted by Crippen LogP contribution is 2.31. The standard InChI is InChI=1S/C12H20N2OS2/c1-14(2)5-7-16-8-10-9-17-12(13-10)11-4-3-6-15-11/h9,11H,3-8H2,1-2H3. The van der Waals surface area contributed by atoms with Crippen molar-refractivity contribution in [2.24, 2.45) is 0 Å². The lowest BCUT2D eigenvalue weighted by Crippen LogP contribution is -2.14. The van der Waals surface area contributed by atoms with E-state index in [0.29, 0.717) is 0 Å². The van der Waals surface area contributed by atoms with E-state index in [9.17, 15) is 0 Å². The monoisotopic (exact) mass is 272 g/mol. The third-order valence-corrected chi connectivity index (χ3v) is 4.66. The minimum atomic E-state index is 0.278. The summed E-state index contributed by atoms with van der Waals surface area (Å²) in [5.41, 5.74) is 1.21. The van der Waals surface area contributed by atoms with Crippen molar-refractivity contribution < 1.29 is 4.74 Å². The first kappa shape index (κ1) is 13.3. The van der Waals surface area contributed by atoms with Crippen molar-refractivity contribution in [3.8, 4) is 0 Å². The Morgan fingerprint density at radius 1 is 1.59 bits per heavy atom. The second-order valence-electron chi connectivity index (χ2n) is 4.53. The molecule has 1 unspecified atom stereocenters. The average molecular weight is 272 g/mol. The molecule has 0 spiro atoms. The van der Waals surface area contributed by atoms with Crippen LogP contribution in [0.4, 0.5) is 0 Å². The smallest absolute Gasteiger partial charge is 0.122 e. The maximum absolute atomic E-state index is 5.64. The van der Waals surface area contributed by atoms with Crippen LogP contribution in [-0.2, 0) is 10.5 Å². The molecule has 2 rings (SSSR count). The summed E-state index contributed by atoms with van der Waals surface area (Å²) in [4.78, 5) is 6.88. The lowest BCUT2D eigenvalue weighted by atomic mass is 10.2. The normalized spacial score (nSPS) is 20.3. The highest BCUT2D eigenvalue weighted by atomic mass is 32.2. The number of hydrogen-bond acceptors (Lipinski definition) is 5. The molecule has 0 aliphatic carbocycles. The van der Waals surface area contributed by atoms with Crippen LogP contribution in [0, 0.1) is 0 Å². The van der Waals surface area contributed by atoms with Crippen LogP contribution >= 0.6 is 23.1 Å². The molecule has 0 aromatic carbocycles. The highest BCUT2D eigenvalue weighted by molar-refractivity contribution is 7.98. The van der Waals surface area contributed by atoms with E-state index in [1.807, 2.05) is 11.8 Å². The molecular weight excluding hydrogens is 252 g/mol. The van der Waals surface area contributed by atoms with Crippen LogP contribution in [0.3, 0.4) is 0 Å². The first-order valence-electron chi connectivity index (χ1n) is 6.04. The van der Waals surface area contributed by atoms with E-state index in [0.717, 1.165) is 25.3 Å². The third kappa shape index (κ3) is 4.25. The van der Waals surface area contributed by atoms with Crippen molar-refractivity contribution in [1.82, 2.24) is 9.88 Å². The van der Waals surface area contributed by atoms with Gasteiger partial charge in [0.15, 0.2) is 0 Å². The van der Waals surface area contributed by atoms with Crippen LogP contribution < -0.4 is 0 Å². The number of thioether (sulfide) groups is 1. The van der Waals surface area contributed by atoms with Gasteiger partial charge in [-0.05, 0) is 26.9 Å². The largest absolute Gasteiger partial charge is 0.371 e. The van der Waals surface area contributed by atoms with Crippen molar-refractivity contribution in [3.63, 3.8) is 0 Å². The summed E-state index contributed by atoms with van der Waals surface area (Å²) < 4.78 is 5.64. The molecule has 1 aromatic rings. The Morgan fingerprint density at radius 2 is 2.47 bits per heavy atom. The molecule has 1 aliphatic rings. The summed E-state index contributed by atoms with van der Waals surface area (Å²) in [6.45, 7) is 2.03. The fraction of sp³-hybridized carbons (Fsp3) is 0.750. The zero-order chi connectivity index (χ0) is 12.1. The van der Waals surface area contributed by atoms with Crippen LogP contribution in [0.15, 0.2) is 5.38 Å². The van der Waals surface area contributed by atoms with Crippen LogP contribution in [0.25, 0.3) is 0 Å². The minimum absolute atomic E-state index is 0.278. The first-order chi connectivity index (χ1) is 8.25. The minimum Gasteiger partial charge on any atom is -0.371 e. The number of thiazole rings is 1. The van der Waals surface area contributed by atoms with Gasteiger partial charge in [-0.25, -0.2) is 4.98 Å². The van der Waals surface area contributed by atoms with Gasteiger partial charge in [-0.2, -0.15) is 11.8 Å². The fourth-order valence-electron chi connectivity index (χ4n) is 1.73. The van der Waals surface area contributed by atoms with Crippen LogP contribution in [0.1, 0.15) is 29.6 Å². The van der Waals surface area contributed by atoms with Gasteiger partial charge in [-0.15, -0.1) is 11.3 Å². The van der Waals surface area contributed by atoms with Gasteiger partial charge in [-0.1, -0.05) is 0 Å². The number of ether oxygens (including phenoxy) is 1. The van der Waals surface area contributed by atoms with Gasteiger partial charge in [0.2, 0.25) is 0 Å². The Bertz CT molecular complexity index is 335. The molecule has 1 aromatic heterocycles. The Balaban J connectivity index is 1.74. The number of aromatic nitrogens is 1. The lowest BCUT2D eigenvalue weighted by Gasteiger charge is -2.07. The van der Waals surface area contributed by atoms with E-state index < -0.39 is 0 Å². The molecular formula is C12H20N2OS2. The molecule has 2 heterocycles. The second kappa shape index (κ2) is 6.73. The molecule has 1 fully saturated rings. The quantitative estimate of drug-likeness (QED) is 0.744. The van der Waals surface area contributed by atoms with Crippen molar-refractivity contribution >= 4 is 23.1 Å². The molecule has 5 heteroatoms. The van der Waals surface area contributed by atoms with Gasteiger partial charge in [0, 0.05) is 30.0 Å². The Kier molecular flexibility index (Phi) is 5.28. The van der Waals surface area contributed by atoms with E-state index in [-0.39, 0.29) is 6.10 Å². The van der Waals surface area contributed by atoms with E-state index >= 15 is 0 Å². The Hall–Kier alpha value is -0.100. The number of rotatable bonds is 6. The molecule has 1 saturated heterocycles. The van der Waals surface area contributed by atoms with Gasteiger partial charge in [0.1, 0.15) is 11.1 Å². The molecule has 96 valence electrons. The zero-order valence-electron chi connectivity index (χ0n) is 10.5. The van der Waals surface area contributed by atoms with Crippen LogP contribution in [0.5, 0.6) is 0 Å². The predicted octanol–water partition coefficient (Wildman–Crippen LogP) is 2.79. The second-order valence-corrected chi connectivity index (χ2v) is 6.53. The average Bonchev–Trinajstić information content (AvgIpc) is 2.94. The van der Waals surface area contributed by atoms with E-state index in [1.165, 1.54) is 22.9 Å². The van der Waals surface area contributed by atoms with Gasteiger partial charge in [-0.3, -0.25) is 0 Å². The fourth-order valence-corrected chi connectivity index (χ4v) is 3.73. The number of nitrogens with zero attached hydrogens (tertiary/aromatic N) is 2.